The average molecular weight is 396 g/mol. The molecule has 0 saturated heterocycles. The zero-order chi connectivity index (χ0) is 20.3. The summed E-state index contributed by atoms with van der Waals surface area (Å²) in [4.78, 5) is 23.1. The smallest absolute Gasteiger partial charge is 0.339 e. The summed E-state index contributed by atoms with van der Waals surface area (Å²) in [6.45, 7) is 3.77. The molecular weight excluding hydrogens is 378 g/mol. The Labute approximate surface area is 167 Å². The summed E-state index contributed by atoms with van der Waals surface area (Å²) in [5.41, 5.74) is 1.64. The van der Waals surface area contributed by atoms with Crippen LogP contribution >= 0.6 is 11.6 Å². The largest absolute Gasteiger partial charge is 0.446 e. The number of hydrogen-bond donors (Lipinski definition) is 0. The third-order valence-corrected chi connectivity index (χ3v) is 4.82. The van der Waals surface area contributed by atoms with Gasteiger partial charge in [-0.3, -0.25) is 10.1 Å². The van der Waals surface area contributed by atoms with E-state index in [-0.39, 0.29) is 11.3 Å². The van der Waals surface area contributed by atoms with Crippen LogP contribution in [0, 0.1) is 17.0 Å². The molecule has 0 spiro atoms. The van der Waals surface area contributed by atoms with Gasteiger partial charge in [-0.2, -0.15) is 0 Å². The summed E-state index contributed by atoms with van der Waals surface area (Å²) in [5.74, 6) is -0.585. The van der Waals surface area contributed by atoms with Gasteiger partial charge in [-0.15, -0.1) is 0 Å². The van der Waals surface area contributed by atoms with Crippen molar-refractivity contribution in [2.24, 2.45) is 0 Å². The van der Waals surface area contributed by atoms with Gasteiger partial charge in [-0.1, -0.05) is 53.6 Å². The van der Waals surface area contributed by atoms with Crippen molar-refractivity contribution in [1.82, 2.24) is 0 Å². The van der Waals surface area contributed by atoms with Crippen LogP contribution in [0.15, 0.2) is 72.8 Å². The number of nitro groups is 1. The number of ether oxygens (including phenoxy) is 1. The topological polar surface area (TPSA) is 69.4 Å². The molecular formula is C22H18ClNO4. The first-order chi connectivity index (χ1) is 13.3. The Balaban J connectivity index is 2.00. The molecule has 0 aliphatic rings. The third kappa shape index (κ3) is 4.05. The average Bonchev–Trinajstić information content (AvgIpc) is 2.68. The first-order valence-corrected chi connectivity index (χ1v) is 8.98. The van der Waals surface area contributed by atoms with Gasteiger partial charge in [-0.05, 0) is 43.7 Å². The van der Waals surface area contributed by atoms with Gasteiger partial charge in [0.1, 0.15) is 0 Å². The van der Waals surface area contributed by atoms with Crippen molar-refractivity contribution in [2.45, 2.75) is 19.4 Å². The Hall–Kier alpha value is -3.18. The normalized spacial score (nSPS) is 12.8. The highest BCUT2D eigenvalue weighted by molar-refractivity contribution is 6.30. The zero-order valence-electron chi connectivity index (χ0n) is 15.4. The number of carbonyl (C=O) groups is 1. The van der Waals surface area contributed by atoms with Crippen LogP contribution in [0.2, 0.25) is 5.02 Å². The van der Waals surface area contributed by atoms with Crippen molar-refractivity contribution >= 4 is 23.3 Å². The van der Waals surface area contributed by atoms with Crippen LogP contribution in [-0.4, -0.2) is 10.9 Å². The summed E-state index contributed by atoms with van der Waals surface area (Å²) in [5, 5.41) is 11.3. The lowest BCUT2D eigenvalue weighted by Gasteiger charge is -2.31. The summed E-state index contributed by atoms with van der Waals surface area (Å²) < 4.78 is 5.92. The number of benzene rings is 3. The first kappa shape index (κ1) is 19.6. The van der Waals surface area contributed by atoms with Crippen LogP contribution in [0.3, 0.4) is 0 Å². The fraction of sp³-hybridized carbons (Fsp3) is 0.136. The van der Waals surface area contributed by atoms with Crippen LogP contribution in [0.5, 0.6) is 0 Å². The van der Waals surface area contributed by atoms with Crippen LogP contribution < -0.4 is 0 Å². The highest BCUT2D eigenvalue weighted by Gasteiger charge is 2.34. The first-order valence-electron chi connectivity index (χ1n) is 8.60. The highest BCUT2D eigenvalue weighted by Crippen LogP contribution is 2.35. The number of non-ortho nitro benzene ring substituents is 1. The van der Waals surface area contributed by atoms with E-state index in [9.17, 15) is 14.9 Å². The van der Waals surface area contributed by atoms with Gasteiger partial charge in [0.2, 0.25) is 0 Å². The van der Waals surface area contributed by atoms with Crippen molar-refractivity contribution in [3.63, 3.8) is 0 Å². The van der Waals surface area contributed by atoms with Crippen molar-refractivity contribution < 1.29 is 14.5 Å². The lowest BCUT2D eigenvalue weighted by Crippen LogP contribution is -2.30. The van der Waals surface area contributed by atoms with Gasteiger partial charge in [0.15, 0.2) is 5.60 Å². The number of aryl methyl sites for hydroxylation is 1. The number of esters is 1. The van der Waals surface area contributed by atoms with Crippen molar-refractivity contribution in [3.05, 3.63) is 110 Å². The second-order valence-corrected chi connectivity index (χ2v) is 7.04. The zero-order valence-corrected chi connectivity index (χ0v) is 16.1. The molecule has 28 heavy (non-hydrogen) atoms. The number of nitrogens with zero attached hydrogens (tertiary/aromatic N) is 1. The fourth-order valence-corrected chi connectivity index (χ4v) is 3.10. The predicted octanol–water partition coefficient (Wildman–Crippen LogP) is 5.68. The molecule has 0 bridgehead atoms. The molecule has 3 aromatic rings. The highest BCUT2D eigenvalue weighted by atomic mass is 35.5. The Bertz CT molecular complexity index is 1020. The molecule has 0 amide bonds. The van der Waals surface area contributed by atoms with Crippen molar-refractivity contribution in [3.8, 4) is 0 Å². The van der Waals surface area contributed by atoms with Gasteiger partial charge in [-0.25, -0.2) is 4.79 Å². The molecule has 5 nitrogen and oxygen atoms in total. The second-order valence-electron chi connectivity index (χ2n) is 6.60. The Morgan fingerprint density at radius 2 is 1.64 bits per heavy atom. The van der Waals surface area contributed by atoms with Crippen molar-refractivity contribution in [2.75, 3.05) is 0 Å². The standard InChI is InChI=1S/C22H18ClNO4/c1-15-6-10-17(11-7-15)22(2,18-4-3-5-19(23)14-18)28-21(25)16-8-12-20(13-9-16)24(26)27/h3-14H,1-2H3. The predicted molar refractivity (Wildman–Crippen MR) is 108 cm³/mol. The Kier molecular flexibility index (Phi) is 5.47. The van der Waals surface area contributed by atoms with E-state index in [2.05, 4.69) is 0 Å². The number of hydrogen-bond acceptors (Lipinski definition) is 4. The van der Waals surface area contributed by atoms with Gasteiger partial charge < -0.3 is 4.74 Å². The fourth-order valence-electron chi connectivity index (χ4n) is 2.90. The van der Waals surface area contributed by atoms with E-state index >= 15 is 0 Å². The molecule has 142 valence electrons. The number of halogens is 1. The summed E-state index contributed by atoms with van der Waals surface area (Å²) in [6, 6.07) is 20.1. The Morgan fingerprint density at radius 1 is 1.00 bits per heavy atom. The van der Waals surface area contributed by atoms with E-state index in [0.717, 1.165) is 16.7 Å². The second kappa shape index (κ2) is 7.82. The van der Waals surface area contributed by atoms with Crippen LogP contribution in [0.25, 0.3) is 0 Å². The molecule has 0 saturated carbocycles. The maximum Gasteiger partial charge on any atom is 0.339 e. The van der Waals surface area contributed by atoms with Crippen molar-refractivity contribution in [1.29, 1.82) is 0 Å². The summed E-state index contributed by atoms with van der Waals surface area (Å²) in [7, 11) is 0. The molecule has 0 radical (unpaired) electrons. The molecule has 0 aromatic heterocycles. The molecule has 1 atom stereocenters. The third-order valence-electron chi connectivity index (χ3n) is 4.59. The van der Waals surface area contributed by atoms with Crippen LogP contribution in [-0.2, 0) is 10.3 Å². The molecule has 1 unspecified atom stereocenters. The van der Waals surface area contributed by atoms with Gasteiger partial charge in [0.05, 0.1) is 10.5 Å². The molecule has 0 N–H and O–H groups in total. The maximum atomic E-state index is 12.8. The molecule has 0 fully saturated rings. The molecule has 0 aliphatic carbocycles. The molecule has 3 rings (SSSR count). The van der Waals surface area contributed by atoms with E-state index in [1.54, 1.807) is 25.1 Å². The van der Waals surface area contributed by atoms with Gasteiger partial charge in [0, 0.05) is 22.7 Å². The van der Waals surface area contributed by atoms with Crippen LogP contribution in [0.4, 0.5) is 5.69 Å². The Morgan fingerprint density at radius 3 is 2.21 bits per heavy atom. The summed E-state index contributed by atoms with van der Waals surface area (Å²) >= 11 is 6.16. The van der Waals surface area contributed by atoms with E-state index < -0.39 is 16.5 Å². The number of nitro benzene ring substituents is 1. The van der Waals surface area contributed by atoms with Gasteiger partial charge >= 0.3 is 5.97 Å². The minimum absolute atomic E-state index is 0.0901. The number of carbonyl (C=O) groups excluding carboxylic acids is 1. The maximum absolute atomic E-state index is 12.8. The van der Waals surface area contributed by atoms with E-state index in [1.807, 2.05) is 37.3 Å². The lowest BCUT2D eigenvalue weighted by atomic mass is 9.87. The molecule has 6 heteroatoms. The quantitative estimate of drug-likeness (QED) is 0.316. The van der Waals surface area contributed by atoms with E-state index in [4.69, 9.17) is 16.3 Å². The SMILES string of the molecule is Cc1ccc(C(C)(OC(=O)c2ccc([N+](=O)[O-])cc2)c2cccc(Cl)c2)cc1. The van der Waals surface area contributed by atoms with Crippen LogP contribution in [0.1, 0.15) is 34.0 Å². The minimum Gasteiger partial charge on any atom is -0.446 e. The number of rotatable bonds is 5. The lowest BCUT2D eigenvalue weighted by molar-refractivity contribution is -0.384. The van der Waals surface area contributed by atoms with E-state index in [1.165, 1.54) is 24.3 Å². The molecule has 3 aromatic carbocycles. The molecule has 0 heterocycles. The van der Waals surface area contributed by atoms with E-state index in [0.29, 0.717) is 5.02 Å². The minimum atomic E-state index is -1.09. The monoisotopic (exact) mass is 395 g/mol. The van der Waals surface area contributed by atoms with Gasteiger partial charge in [0.25, 0.3) is 5.69 Å². The molecule has 0 aliphatic heterocycles. The summed E-state index contributed by atoms with van der Waals surface area (Å²) in [6.07, 6.45) is 0.